The first kappa shape index (κ1) is 9.63. The SMILES string of the molecule is C#Cc1ccccc1OCCCN. The maximum Gasteiger partial charge on any atom is 0.134 e. The van der Waals surface area contributed by atoms with Crippen molar-refractivity contribution in [3.63, 3.8) is 0 Å². The highest BCUT2D eigenvalue weighted by Crippen LogP contribution is 2.16. The third kappa shape index (κ3) is 2.81. The zero-order valence-corrected chi connectivity index (χ0v) is 7.49. The van der Waals surface area contributed by atoms with Crippen LogP contribution in [0.15, 0.2) is 24.3 Å². The van der Waals surface area contributed by atoms with Gasteiger partial charge in [0.1, 0.15) is 5.75 Å². The number of nitrogens with two attached hydrogens (primary N) is 1. The molecule has 68 valence electrons. The molecule has 1 aromatic carbocycles. The van der Waals surface area contributed by atoms with Crippen molar-refractivity contribution in [1.29, 1.82) is 0 Å². The second-order valence-corrected chi connectivity index (χ2v) is 2.63. The lowest BCUT2D eigenvalue weighted by molar-refractivity contribution is 0.312. The second-order valence-electron chi connectivity index (χ2n) is 2.63. The van der Waals surface area contributed by atoms with Crippen molar-refractivity contribution in [2.24, 2.45) is 5.73 Å². The topological polar surface area (TPSA) is 35.2 Å². The molecule has 0 heterocycles. The normalized spacial score (nSPS) is 9.23. The van der Waals surface area contributed by atoms with Gasteiger partial charge in [-0.15, -0.1) is 6.42 Å². The molecule has 0 aliphatic carbocycles. The summed E-state index contributed by atoms with van der Waals surface area (Å²) in [6.07, 6.45) is 6.15. The molecule has 0 atom stereocenters. The Kier molecular flexibility index (Phi) is 3.87. The highest BCUT2D eigenvalue weighted by Gasteiger charge is 1.97. The Morgan fingerprint density at radius 3 is 2.85 bits per heavy atom. The van der Waals surface area contributed by atoms with Crippen molar-refractivity contribution in [1.82, 2.24) is 0 Å². The Morgan fingerprint density at radius 1 is 1.38 bits per heavy atom. The van der Waals surface area contributed by atoms with Crippen molar-refractivity contribution >= 4 is 0 Å². The van der Waals surface area contributed by atoms with E-state index in [2.05, 4.69) is 5.92 Å². The van der Waals surface area contributed by atoms with Crippen LogP contribution in [0.4, 0.5) is 0 Å². The summed E-state index contributed by atoms with van der Waals surface area (Å²) in [5, 5.41) is 0. The summed E-state index contributed by atoms with van der Waals surface area (Å²) in [6.45, 7) is 1.26. The van der Waals surface area contributed by atoms with E-state index in [1.54, 1.807) is 0 Å². The largest absolute Gasteiger partial charge is 0.492 e. The quantitative estimate of drug-likeness (QED) is 0.554. The summed E-state index contributed by atoms with van der Waals surface area (Å²) in [7, 11) is 0. The first-order chi connectivity index (χ1) is 6.38. The summed E-state index contributed by atoms with van der Waals surface area (Å²) in [5.74, 6) is 3.33. The van der Waals surface area contributed by atoms with E-state index in [1.165, 1.54) is 0 Å². The van der Waals surface area contributed by atoms with E-state index in [1.807, 2.05) is 24.3 Å². The van der Waals surface area contributed by atoms with Gasteiger partial charge in [0, 0.05) is 0 Å². The van der Waals surface area contributed by atoms with Crippen LogP contribution < -0.4 is 10.5 Å². The van der Waals surface area contributed by atoms with Crippen molar-refractivity contribution in [3.8, 4) is 18.1 Å². The van der Waals surface area contributed by atoms with Crippen LogP contribution in [0.1, 0.15) is 12.0 Å². The Labute approximate surface area is 78.7 Å². The molecule has 1 aromatic rings. The van der Waals surface area contributed by atoms with Crippen LogP contribution in [0.3, 0.4) is 0 Å². The zero-order valence-electron chi connectivity index (χ0n) is 7.49. The third-order valence-electron chi connectivity index (χ3n) is 1.65. The Balaban J connectivity index is 2.60. The zero-order chi connectivity index (χ0) is 9.52. The fraction of sp³-hybridized carbons (Fsp3) is 0.273. The predicted octanol–water partition coefficient (Wildman–Crippen LogP) is 1.40. The van der Waals surface area contributed by atoms with Crippen molar-refractivity contribution < 1.29 is 4.74 Å². The monoisotopic (exact) mass is 175 g/mol. The number of rotatable bonds is 4. The minimum Gasteiger partial charge on any atom is -0.492 e. The number of hydrogen-bond acceptors (Lipinski definition) is 2. The van der Waals surface area contributed by atoms with E-state index >= 15 is 0 Å². The van der Waals surface area contributed by atoms with Gasteiger partial charge in [-0.2, -0.15) is 0 Å². The summed E-state index contributed by atoms with van der Waals surface area (Å²) in [5.41, 5.74) is 6.13. The molecule has 0 amide bonds. The van der Waals surface area contributed by atoms with Crippen LogP contribution in [0.25, 0.3) is 0 Å². The van der Waals surface area contributed by atoms with E-state index in [-0.39, 0.29) is 0 Å². The molecule has 0 spiro atoms. The molecule has 2 nitrogen and oxygen atoms in total. The van der Waals surface area contributed by atoms with Gasteiger partial charge in [0.25, 0.3) is 0 Å². The average molecular weight is 175 g/mol. The van der Waals surface area contributed by atoms with E-state index in [9.17, 15) is 0 Å². The molecular weight excluding hydrogens is 162 g/mol. The molecule has 2 N–H and O–H groups in total. The van der Waals surface area contributed by atoms with Gasteiger partial charge in [0.15, 0.2) is 0 Å². The van der Waals surface area contributed by atoms with Crippen molar-refractivity contribution in [2.45, 2.75) is 6.42 Å². The predicted molar refractivity (Wildman–Crippen MR) is 53.5 cm³/mol. The van der Waals surface area contributed by atoms with Gasteiger partial charge in [-0.05, 0) is 25.1 Å². The van der Waals surface area contributed by atoms with Crippen LogP contribution in [0, 0.1) is 12.3 Å². The first-order valence-electron chi connectivity index (χ1n) is 4.27. The maximum atomic E-state index is 5.45. The third-order valence-corrected chi connectivity index (χ3v) is 1.65. The molecule has 0 radical (unpaired) electrons. The van der Waals surface area contributed by atoms with Gasteiger partial charge >= 0.3 is 0 Å². The molecule has 0 fully saturated rings. The van der Waals surface area contributed by atoms with Gasteiger partial charge in [0.2, 0.25) is 0 Å². The number of hydrogen-bond donors (Lipinski definition) is 1. The lowest BCUT2D eigenvalue weighted by atomic mass is 10.2. The molecule has 1 rings (SSSR count). The average Bonchev–Trinajstić information content (AvgIpc) is 2.19. The smallest absolute Gasteiger partial charge is 0.134 e. The number of benzene rings is 1. The lowest BCUT2D eigenvalue weighted by Gasteiger charge is -2.06. The molecular formula is C11H13NO. The van der Waals surface area contributed by atoms with Crippen LogP contribution in [-0.2, 0) is 0 Å². The first-order valence-corrected chi connectivity index (χ1v) is 4.27. The van der Waals surface area contributed by atoms with Crippen molar-refractivity contribution in [3.05, 3.63) is 29.8 Å². The van der Waals surface area contributed by atoms with Gasteiger partial charge in [-0.3, -0.25) is 0 Å². The molecule has 0 aliphatic rings. The number of terminal acetylenes is 1. The van der Waals surface area contributed by atoms with Crippen LogP contribution in [-0.4, -0.2) is 13.2 Å². The molecule has 13 heavy (non-hydrogen) atoms. The highest BCUT2D eigenvalue weighted by molar-refractivity contribution is 5.44. The molecule has 0 aromatic heterocycles. The minimum absolute atomic E-state index is 0.620. The Morgan fingerprint density at radius 2 is 2.15 bits per heavy atom. The molecule has 0 bridgehead atoms. The number of ether oxygens (including phenoxy) is 1. The van der Waals surface area contributed by atoms with E-state index in [0.29, 0.717) is 13.2 Å². The van der Waals surface area contributed by atoms with Crippen LogP contribution >= 0.6 is 0 Å². The van der Waals surface area contributed by atoms with Gasteiger partial charge in [0.05, 0.1) is 12.2 Å². The Bertz CT molecular complexity index is 301. The lowest BCUT2D eigenvalue weighted by Crippen LogP contribution is -2.06. The summed E-state index contributed by atoms with van der Waals surface area (Å²) in [4.78, 5) is 0. The summed E-state index contributed by atoms with van der Waals surface area (Å²) >= 11 is 0. The highest BCUT2D eigenvalue weighted by atomic mass is 16.5. The van der Waals surface area contributed by atoms with Gasteiger partial charge < -0.3 is 10.5 Å². The van der Waals surface area contributed by atoms with E-state index in [0.717, 1.165) is 17.7 Å². The molecule has 0 aliphatic heterocycles. The van der Waals surface area contributed by atoms with Crippen molar-refractivity contribution in [2.75, 3.05) is 13.2 Å². The standard InChI is InChI=1S/C11H13NO/c1-2-10-6-3-4-7-11(10)13-9-5-8-12/h1,3-4,6-7H,5,8-9,12H2. The fourth-order valence-electron chi connectivity index (χ4n) is 0.977. The summed E-state index contributed by atoms with van der Waals surface area (Å²) < 4.78 is 5.45. The van der Waals surface area contributed by atoms with Gasteiger partial charge in [-0.1, -0.05) is 18.1 Å². The maximum absolute atomic E-state index is 5.45. The van der Waals surface area contributed by atoms with Crippen LogP contribution in [0.2, 0.25) is 0 Å². The van der Waals surface area contributed by atoms with E-state index in [4.69, 9.17) is 16.9 Å². The molecule has 0 saturated heterocycles. The van der Waals surface area contributed by atoms with Gasteiger partial charge in [-0.25, -0.2) is 0 Å². The van der Waals surface area contributed by atoms with Crippen LogP contribution in [0.5, 0.6) is 5.75 Å². The fourth-order valence-corrected chi connectivity index (χ4v) is 0.977. The summed E-state index contributed by atoms with van der Waals surface area (Å²) in [6, 6.07) is 7.52. The Hall–Kier alpha value is -1.46. The number of para-hydroxylation sites is 1. The molecule has 0 saturated carbocycles. The second kappa shape index (κ2) is 5.23. The molecule has 0 unspecified atom stereocenters. The van der Waals surface area contributed by atoms with E-state index < -0.39 is 0 Å². The molecule has 2 heteroatoms. The minimum atomic E-state index is 0.620.